The number of rotatable bonds is 8. The van der Waals surface area contributed by atoms with Crippen molar-refractivity contribution >= 4 is 16.9 Å². The number of benzene rings is 2. The molecule has 0 unspecified atom stereocenters. The zero-order valence-electron chi connectivity index (χ0n) is 18.2. The monoisotopic (exact) mass is 452 g/mol. The second-order valence-corrected chi connectivity index (χ2v) is 8.58. The van der Waals surface area contributed by atoms with Gasteiger partial charge in [-0.15, -0.1) is 0 Å². The minimum Gasteiger partial charge on any atom is -0.508 e. The summed E-state index contributed by atoms with van der Waals surface area (Å²) >= 11 is 1.04. The number of phenolic OH excluding ortho intramolecular Hbond substituents is 1. The summed E-state index contributed by atoms with van der Waals surface area (Å²) in [6, 6.07) is 14.7. The minimum atomic E-state index is 0.181. The number of aromatic hydroxyl groups is 1. The highest BCUT2D eigenvalue weighted by Crippen LogP contribution is 2.41. The van der Waals surface area contributed by atoms with Gasteiger partial charge in [-0.1, -0.05) is 24.2 Å². The number of allylic oxidation sites excluding steroid dienone is 1. The molecule has 2 aromatic carbocycles. The van der Waals surface area contributed by atoms with Gasteiger partial charge >= 0.3 is 0 Å². The summed E-state index contributed by atoms with van der Waals surface area (Å²) in [7, 11) is 0. The van der Waals surface area contributed by atoms with Crippen LogP contribution in [0.2, 0.25) is 0 Å². The molecule has 0 radical (unpaired) electrons. The van der Waals surface area contributed by atoms with Crippen LogP contribution in [-0.4, -0.2) is 40.9 Å². The van der Waals surface area contributed by atoms with Crippen LogP contribution in [0.5, 0.6) is 11.5 Å². The largest absolute Gasteiger partial charge is 0.508 e. The SMILES string of the molecule is CCCN1CC(Oc2ccc(-c3c(/C(SN)=C(\C)N)noc3-c3ccc(O)cc3)cc2)C1. The first-order valence-corrected chi connectivity index (χ1v) is 11.5. The number of ether oxygens (including phenoxy) is 1. The Morgan fingerprint density at radius 1 is 1.16 bits per heavy atom. The van der Waals surface area contributed by atoms with Crippen LogP contribution in [0.3, 0.4) is 0 Å². The first-order valence-electron chi connectivity index (χ1n) is 10.6. The minimum absolute atomic E-state index is 0.181. The topological polar surface area (TPSA) is 111 Å². The van der Waals surface area contributed by atoms with E-state index in [0.717, 1.165) is 60.4 Å². The summed E-state index contributed by atoms with van der Waals surface area (Å²) in [6.07, 6.45) is 1.39. The van der Waals surface area contributed by atoms with Crippen LogP contribution in [0.15, 0.2) is 58.8 Å². The van der Waals surface area contributed by atoms with Crippen molar-refractivity contribution in [1.29, 1.82) is 0 Å². The second kappa shape index (κ2) is 9.68. The normalized spacial score (nSPS) is 15.3. The van der Waals surface area contributed by atoms with Crippen molar-refractivity contribution in [2.24, 2.45) is 10.9 Å². The summed E-state index contributed by atoms with van der Waals surface area (Å²) in [5.74, 6) is 1.59. The lowest BCUT2D eigenvalue weighted by Crippen LogP contribution is -2.53. The first-order chi connectivity index (χ1) is 15.5. The van der Waals surface area contributed by atoms with E-state index in [1.165, 1.54) is 0 Å². The van der Waals surface area contributed by atoms with Gasteiger partial charge < -0.3 is 20.1 Å². The first kappa shape index (κ1) is 22.3. The van der Waals surface area contributed by atoms with Crippen LogP contribution >= 0.6 is 11.9 Å². The molecule has 0 amide bonds. The van der Waals surface area contributed by atoms with Crippen LogP contribution in [0.25, 0.3) is 27.4 Å². The number of hydrogen-bond donors (Lipinski definition) is 3. The molecule has 1 fully saturated rings. The van der Waals surface area contributed by atoms with E-state index in [9.17, 15) is 5.11 Å². The maximum Gasteiger partial charge on any atom is 0.175 e. The van der Waals surface area contributed by atoms with Gasteiger partial charge in [-0.25, -0.2) is 0 Å². The molecule has 0 aliphatic carbocycles. The van der Waals surface area contributed by atoms with Crippen molar-refractivity contribution in [3.05, 3.63) is 59.9 Å². The van der Waals surface area contributed by atoms with E-state index in [1.54, 1.807) is 31.2 Å². The molecule has 0 spiro atoms. The van der Waals surface area contributed by atoms with E-state index in [-0.39, 0.29) is 11.9 Å². The van der Waals surface area contributed by atoms with Gasteiger partial charge in [0, 0.05) is 24.4 Å². The van der Waals surface area contributed by atoms with Crippen LogP contribution in [0.4, 0.5) is 0 Å². The van der Waals surface area contributed by atoms with E-state index in [0.29, 0.717) is 22.1 Å². The molecular weight excluding hydrogens is 424 g/mol. The maximum atomic E-state index is 9.66. The van der Waals surface area contributed by atoms with Gasteiger partial charge in [0.1, 0.15) is 23.3 Å². The van der Waals surface area contributed by atoms with Gasteiger partial charge in [0.15, 0.2) is 5.76 Å². The van der Waals surface area contributed by atoms with Crippen LogP contribution in [0, 0.1) is 0 Å². The number of phenols is 1. The maximum absolute atomic E-state index is 9.66. The zero-order valence-corrected chi connectivity index (χ0v) is 19.1. The standard InChI is InChI=1S/C24H28N4O3S/c1-3-12-28-13-20(14-28)30-19-10-6-16(7-11-19)21-22(24(32-26)15(2)25)27-31-23(21)17-4-8-18(29)9-5-17/h4-11,20,29H,3,12-14,25-26H2,1-2H3/b24-15-. The van der Waals surface area contributed by atoms with Crippen molar-refractivity contribution in [2.45, 2.75) is 26.4 Å². The summed E-state index contributed by atoms with van der Waals surface area (Å²) in [5.41, 5.74) is 9.70. The highest BCUT2D eigenvalue weighted by molar-refractivity contribution is 8.06. The molecule has 0 saturated carbocycles. The molecular formula is C24H28N4O3S. The predicted molar refractivity (Wildman–Crippen MR) is 129 cm³/mol. The van der Waals surface area contributed by atoms with Gasteiger partial charge in [0.2, 0.25) is 0 Å². The van der Waals surface area contributed by atoms with Crippen molar-refractivity contribution in [3.8, 4) is 33.9 Å². The summed E-state index contributed by atoms with van der Waals surface area (Å²) < 4.78 is 11.8. The zero-order chi connectivity index (χ0) is 22.7. The number of likely N-dealkylation sites (tertiary alicyclic amines) is 1. The van der Waals surface area contributed by atoms with Gasteiger partial charge in [0.25, 0.3) is 0 Å². The Kier molecular flexibility index (Phi) is 6.74. The number of hydrogen-bond acceptors (Lipinski definition) is 8. The van der Waals surface area contributed by atoms with Gasteiger partial charge in [0.05, 0.1) is 10.5 Å². The molecule has 3 aromatic rings. The molecule has 168 valence electrons. The van der Waals surface area contributed by atoms with E-state index in [4.69, 9.17) is 20.1 Å². The van der Waals surface area contributed by atoms with Gasteiger partial charge in [-0.3, -0.25) is 10.0 Å². The number of aromatic nitrogens is 1. The molecule has 8 heteroatoms. The average molecular weight is 453 g/mol. The van der Waals surface area contributed by atoms with Crippen molar-refractivity contribution < 1.29 is 14.4 Å². The van der Waals surface area contributed by atoms with Crippen molar-refractivity contribution in [1.82, 2.24) is 10.1 Å². The number of nitrogens with two attached hydrogens (primary N) is 2. The van der Waals surface area contributed by atoms with Crippen molar-refractivity contribution in [2.75, 3.05) is 19.6 Å². The van der Waals surface area contributed by atoms with E-state index in [1.807, 2.05) is 24.3 Å². The van der Waals surface area contributed by atoms with E-state index >= 15 is 0 Å². The summed E-state index contributed by atoms with van der Waals surface area (Å²) in [6.45, 7) is 7.02. The fourth-order valence-electron chi connectivity index (χ4n) is 3.85. The van der Waals surface area contributed by atoms with E-state index < -0.39 is 0 Å². The molecule has 4 rings (SSSR count). The average Bonchev–Trinajstić information content (AvgIpc) is 3.18. The molecule has 0 atom stereocenters. The van der Waals surface area contributed by atoms with Gasteiger partial charge in [-0.05, 0) is 73.8 Å². The van der Waals surface area contributed by atoms with E-state index in [2.05, 4.69) is 17.0 Å². The Labute approximate surface area is 192 Å². The Morgan fingerprint density at radius 2 is 1.81 bits per heavy atom. The Morgan fingerprint density at radius 3 is 2.41 bits per heavy atom. The third kappa shape index (κ3) is 4.62. The molecule has 1 saturated heterocycles. The lowest BCUT2D eigenvalue weighted by molar-refractivity contribution is 0.0203. The fraction of sp³-hybridized carbons (Fsp3) is 0.292. The highest BCUT2D eigenvalue weighted by atomic mass is 32.2. The van der Waals surface area contributed by atoms with Crippen molar-refractivity contribution in [3.63, 3.8) is 0 Å². The third-order valence-electron chi connectivity index (χ3n) is 5.42. The Balaban J connectivity index is 1.66. The van der Waals surface area contributed by atoms with Crippen LogP contribution in [-0.2, 0) is 0 Å². The molecule has 2 heterocycles. The molecule has 1 aliphatic rings. The Hall–Kier alpha value is -2.94. The van der Waals surface area contributed by atoms with Crippen LogP contribution in [0.1, 0.15) is 26.0 Å². The molecule has 7 nitrogen and oxygen atoms in total. The lowest BCUT2D eigenvalue weighted by atomic mass is 9.98. The molecule has 1 aliphatic heterocycles. The third-order valence-corrected chi connectivity index (χ3v) is 6.17. The molecule has 5 N–H and O–H groups in total. The molecule has 0 bridgehead atoms. The fourth-order valence-corrected chi connectivity index (χ4v) is 4.28. The Bertz CT molecular complexity index is 1080. The highest BCUT2D eigenvalue weighted by Gasteiger charge is 2.28. The number of nitrogens with zero attached hydrogens (tertiary/aromatic N) is 2. The van der Waals surface area contributed by atoms with Crippen LogP contribution < -0.4 is 15.6 Å². The predicted octanol–water partition coefficient (Wildman–Crippen LogP) is 4.44. The lowest BCUT2D eigenvalue weighted by Gasteiger charge is -2.38. The second-order valence-electron chi connectivity index (χ2n) is 7.94. The van der Waals surface area contributed by atoms with Gasteiger partial charge in [-0.2, -0.15) is 0 Å². The molecule has 32 heavy (non-hydrogen) atoms. The smallest absolute Gasteiger partial charge is 0.175 e. The summed E-state index contributed by atoms with van der Waals surface area (Å²) in [4.78, 5) is 3.04. The molecule has 1 aromatic heterocycles. The quantitative estimate of drug-likeness (QED) is 0.430. The summed E-state index contributed by atoms with van der Waals surface area (Å²) in [5, 5.41) is 19.8.